The highest BCUT2D eigenvalue weighted by molar-refractivity contribution is 6.34. The van der Waals surface area contributed by atoms with Crippen LogP contribution in [0.25, 0.3) is 10.8 Å². The molecule has 0 bridgehead atoms. The third-order valence-corrected chi connectivity index (χ3v) is 4.98. The molecule has 1 heterocycles. The monoisotopic (exact) mass is 439 g/mol. The summed E-state index contributed by atoms with van der Waals surface area (Å²) >= 11 is 5.81. The van der Waals surface area contributed by atoms with E-state index < -0.39 is 35.0 Å². The molecule has 0 spiro atoms. The number of allylic oxidation sites excluding steroid dienone is 3. The number of hydrogen-bond acceptors (Lipinski definition) is 3. The molecule has 1 aromatic heterocycles. The van der Waals surface area contributed by atoms with Gasteiger partial charge in [0.1, 0.15) is 5.38 Å². The smallest absolute Gasteiger partial charge is 0.328 e. The number of rotatable bonds is 4. The Morgan fingerprint density at radius 2 is 1.90 bits per heavy atom. The van der Waals surface area contributed by atoms with Crippen molar-refractivity contribution in [2.45, 2.75) is 24.5 Å². The lowest BCUT2D eigenvalue weighted by molar-refractivity contribution is -0.177. The second kappa shape index (κ2) is 8.35. The van der Waals surface area contributed by atoms with Crippen LogP contribution in [0.15, 0.2) is 59.2 Å². The first-order valence-electron chi connectivity index (χ1n) is 8.96. The molecule has 30 heavy (non-hydrogen) atoms. The van der Waals surface area contributed by atoms with E-state index >= 15 is 0 Å². The van der Waals surface area contributed by atoms with Crippen molar-refractivity contribution in [3.8, 4) is 0 Å². The number of alkyl halides is 4. The van der Waals surface area contributed by atoms with Crippen molar-refractivity contribution in [3.05, 3.63) is 70.3 Å². The average Bonchev–Trinajstić information content (AvgIpc) is 2.69. The van der Waals surface area contributed by atoms with Crippen LogP contribution in [0.5, 0.6) is 0 Å². The molecule has 0 saturated heterocycles. The SMILES string of the molecule is CCN(C(=O)NC1=CC(Cl)C(=O)C=C1)C(c1c[nH]c(=O)c2ccccc12)C(F)(F)F. The van der Waals surface area contributed by atoms with E-state index in [-0.39, 0.29) is 28.6 Å². The Morgan fingerprint density at radius 3 is 2.50 bits per heavy atom. The van der Waals surface area contributed by atoms with E-state index in [0.29, 0.717) is 4.90 Å². The zero-order valence-corrected chi connectivity index (χ0v) is 16.4. The number of ketones is 1. The summed E-state index contributed by atoms with van der Waals surface area (Å²) in [6.45, 7) is 1.13. The maximum atomic E-state index is 14.1. The second-order valence-corrected chi connectivity index (χ2v) is 7.01. The number of H-pyrrole nitrogens is 1. The van der Waals surface area contributed by atoms with E-state index in [9.17, 15) is 27.6 Å². The summed E-state index contributed by atoms with van der Waals surface area (Å²) in [6.07, 6.45) is -0.193. The molecule has 0 radical (unpaired) electrons. The second-order valence-electron chi connectivity index (χ2n) is 6.54. The maximum Gasteiger partial charge on any atom is 0.413 e. The minimum absolute atomic E-state index is 0.0853. The molecule has 6 nitrogen and oxygen atoms in total. The van der Waals surface area contributed by atoms with Gasteiger partial charge in [-0.25, -0.2) is 4.79 Å². The first kappa shape index (κ1) is 21.6. The number of carbonyl (C=O) groups is 2. The Hall–Kier alpha value is -3.07. The quantitative estimate of drug-likeness (QED) is 0.711. The van der Waals surface area contributed by atoms with Crippen LogP contribution < -0.4 is 10.9 Å². The highest BCUT2D eigenvalue weighted by atomic mass is 35.5. The molecular formula is C20H17ClF3N3O3. The largest absolute Gasteiger partial charge is 0.413 e. The van der Waals surface area contributed by atoms with E-state index in [0.717, 1.165) is 12.3 Å². The molecule has 2 atom stereocenters. The van der Waals surface area contributed by atoms with Crippen LogP contribution in [0.3, 0.4) is 0 Å². The van der Waals surface area contributed by atoms with Gasteiger partial charge in [-0.15, -0.1) is 11.6 Å². The van der Waals surface area contributed by atoms with Crippen molar-refractivity contribution >= 4 is 34.2 Å². The minimum Gasteiger partial charge on any atom is -0.328 e. The lowest BCUT2D eigenvalue weighted by Gasteiger charge is -2.33. The number of nitrogens with one attached hydrogen (secondary N) is 2. The summed E-state index contributed by atoms with van der Waals surface area (Å²) in [6, 6.07) is 2.54. The number of aromatic nitrogens is 1. The number of benzene rings is 1. The average molecular weight is 440 g/mol. The molecule has 0 saturated carbocycles. The Balaban J connectivity index is 2.03. The third kappa shape index (κ3) is 4.25. The normalized spacial score (nSPS) is 17.6. The van der Waals surface area contributed by atoms with Gasteiger partial charge in [0.25, 0.3) is 5.56 Å². The molecule has 2 N–H and O–H groups in total. The van der Waals surface area contributed by atoms with Gasteiger partial charge >= 0.3 is 12.2 Å². The van der Waals surface area contributed by atoms with Crippen LogP contribution in [-0.4, -0.2) is 39.8 Å². The van der Waals surface area contributed by atoms with Crippen LogP contribution in [0, 0.1) is 0 Å². The van der Waals surface area contributed by atoms with Crippen LogP contribution in [0.1, 0.15) is 18.5 Å². The summed E-state index contributed by atoms with van der Waals surface area (Å²) in [7, 11) is 0. The lowest BCUT2D eigenvalue weighted by Crippen LogP contribution is -2.47. The topological polar surface area (TPSA) is 82.3 Å². The van der Waals surface area contributed by atoms with Crippen LogP contribution >= 0.6 is 11.6 Å². The summed E-state index contributed by atoms with van der Waals surface area (Å²) in [5.41, 5.74) is -0.670. The molecule has 2 amide bonds. The molecule has 1 aliphatic rings. The molecule has 0 fully saturated rings. The number of amides is 2. The lowest BCUT2D eigenvalue weighted by atomic mass is 10.00. The standard InChI is InChI=1S/C20H17ClF3N3O3/c1-2-27(19(30)26-11-7-8-16(28)15(21)9-11)17(20(22,23)24)14-10-25-18(29)13-6-4-3-5-12(13)14/h3-10,15,17H,2H2,1H3,(H,25,29)(H,26,30). The molecular weight excluding hydrogens is 423 g/mol. The number of carbonyl (C=O) groups excluding carboxylic acids is 2. The molecule has 0 aliphatic heterocycles. The number of fused-ring (bicyclic) bond motifs is 1. The van der Waals surface area contributed by atoms with Gasteiger partial charge in [-0.3, -0.25) is 9.59 Å². The molecule has 2 aromatic rings. The van der Waals surface area contributed by atoms with Gasteiger partial charge in [0.2, 0.25) is 0 Å². The van der Waals surface area contributed by atoms with Gasteiger partial charge in [0.05, 0.1) is 0 Å². The van der Waals surface area contributed by atoms with E-state index in [4.69, 9.17) is 11.6 Å². The molecule has 3 rings (SSSR count). The van der Waals surface area contributed by atoms with Crippen molar-refractivity contribution in [2.24, 2.45) is 0 Å². The molecule has 158 valence electrons. The fourth-order valence-electron chi connectivity index (χ4n) is 3.26. The molecule has 2 unspecified atom stereocenters. The zero-order valence-electron chi connectivity index (χ0n) is 15.7. The predicted octanol–water partition coefficient (Wildman–Crippen LogP) is 3.79. The summed E-state index contributed by atoms with van der Waals surface area (Å²) in [4.78, 5) is 39.1. The third-order valence-electron chi connectivity index (χ3n) is 4.64. The number of hydrogen-bond donors (Lipinski definition) is 2. The fourth-order valence-corrected chi connectivity index (χ4v) is 3.47. The van der Waals surface area contributed by atoms with Crippen molar-refractivity contribution in [1.82, 2.24) is 15.2 Å². The van der Waals surface area contributed by atoms with Crippen LogP contribution in [0.2, 0.25) is 0 Å². The molecule has 1 aromatic carbocycles. The van der Waals surface area contributed by atoms with Gasteiger partial charge in [0, 0.05) is 29.4 Å². The van der Waals surface area contributed by atoms with E-state index in [1.54, 1.807) is 6.07 Å². The van der Waals surface area contributed by atoms with Gasteiger partial charge in [-0.2, -0.15) is 13.2 Å². The fraction of sp³-hybridized carbons (Fsp3) is 0.250. The molecule has 10 heteroatoms. The van der Waals surface area contributed by atoms with Crippen molar-refractivity contribution in [1.29, 1.82) is 0 Å². The van der Waals surface area contributed by atoms with Crippen molar-refractivity contribution in [2.75, 3.05) is 6.54 Å². The summed E-state index contributed by atoms with van der Waals surface area (Å²) in [5, 5.41) is 1.52. The Labute approximate surface area is 174 Å². The predicted molar refractivity (Wildman–Crippen MR) is 106 cm³/mol. The Kier molecular flexibility index (Phi) is 6.02. The number of pyridine rings is 1. The summed E-state index contributed by atoms with van der Waals surface area (Å²) in [5.74, 6) is -0.394. The number of aromatic amines is 1. The van der Waals surface area contributed by atoms with Gasteiger partial charge < -0.3 is 15.2 Å². The van der Waals surface area contributed by atoms with Gasteiger partial charge in [-0.1, -0.05) is 18.2 Å². The van der Waals surface area contributed by atoms with Crippen molar-refractivity contribution in [3.63, 3.8) is 0 Å². The molecule has 1 aliphatic carbocycles. The zero-order chi connectivity index (χ0) is 22.1. The first-order valence-corrected chi connectivity index (χ1v) is 9.39. The van der Waals surface area contributed by atoms with Gasteiger partial charge in [0.15, 0.2) is 11.8 Å². The Morgan fingerprint density at radius 1 is 1.23 bits per heavy atom. The van der Waals surface area contributed by atoms with E-state index in [2.05, 4.69) is 10.3 Å². The van der Waals surface area contributed by atoms with Gasteiger partial charge in [-0.05, 0) is 36.6 Å². The van der Waals surface area contributed by atoms with Crippen molar-refractivity contribution < 1.29 is 22.8 Å². The van der Waals surface area contributed by atoms with E-state index in [1.807, 2.05) is 0 Å². The Bertz CT molecular complexity index is 1110. The highest BCUT2D eigenvalue weighted by Gasteiger charge is 2.47. The van der Waals surface area contributed by atoms with Crippen LogP contribution in [0.4, 0.5) is 18.0 Å². The first-order chi connectivity index (χ1) is 14.1. The summed E-state index contributed by atoms with van der Waals surface area (Å²) < 4.78 is 42.3. The number of urea groups is 1. The number of nitrogens with zero attached hydrogens (tertiary/aromatic N) is 1. The maximum absolute atomic E-state index is 14.1. The number of halogens is 4. The highest BCUT2D eigenvalue weighted by Crippen LogP contribution is 2.39. The minimum atomic E-state index is -4.82. The van der Waals surface area contributed by atoms with Crippen LogP contribution in [-0.2, 0) is 4.79 Å². The van der Waals surface area contributed by atoms with E-state index in [1.165, 1.54) is 37.3 Å².